The first-order valence-electron chi connectivity index (χ1n) is 9.58. The number of hydrogen-bond donors (Lipinski definition) is 0. The molecule has 3 aromatic carbocycles. The highest BCUT2D eigenvalue weighted by Gasteiger charge is 2.34. The van der Waals surface area contributed by atoms with Gasteiger partial charge in [-0.1, -0.05) is 30.3 Å². The maximum atomic E-state index is 2.48. The molecule has 1 aromatic heterocycles. The Balaban J connectivity index is 1.86. The third-order valence-corrected chi connectivity index (χ3v) is 6.20. The first kappa shape index (κ1) is 16.2. The average Bonchev–Trinajstić information content (AvgIpc) is 3.10. The van der Waals surface area contributed by atoms with Gasteiger partial charge >= 0.3 is 0 Å². The van der Waals surface area contributed by atoms with Gasteiger partial charge in [0.15, 0.2) is 0 Å². The third-order valence-electron chi connectivity index (χ3n) is 6.20. The molecule has 1 aliphatic rings. The van der Waals surface area contributed by atoms with Crippen LogP contribution in [-0.2, 0) is 7.05 Å². The summed E-state index contributed by atoms with van der Waals surface area (Å²) >= 11 is 0. The van der Waals surface area contributed by atoms with Crippen molar-refractivity contribution in [2.24, 2.45) is 7.05 Å². The van der Waals surface area contributed by atoms with Crippen LogP contribution in [0.4, 0.5) is 17.1 Å². The topological polar surface area (TPSA) is 11.4 Å². The molecule has 3 heteroatoms. The molecule has 3 nitrogen and oxygen atoms in total. The molecular formula is C24H25N3. The molecule has 5 rings (SSSR count). The van der Waals surface area contributed by atoms with Crippen molar-refractivity contribution in [2.45, 2.75) is 26.9 Å². The van der Waals surface area contributed by atoms with Crippen LogP contribution < -0.4 is 9.80 Å². The largest absolute Gasteiger partial charge is 0.352 e. The maximum Gasteiger partial charge on any atom is 0.103 e. The molecular weight excluding hydrogens is 330 g/mol. The van der Waals surface area contributed by atoms with Crippen LogP contribution in [0.3, 0.4) is 0 Å². The molecule has 4 aromatic rings. The molecule has 0 unspecified atom stereocenters. The predicted molar refractivity (Wildman–Crippen MR) is 116 cm³/mol. The molecule has 27 heavy (non-hydrogen) atoms. The Bertz CT molecular complexity index is 1200. The number of para-hydroxylation sites is 1. The molecule has 1 atom stereocenters. The first-order chi connectivity index (χ1) is 13.0. The highest BCUT2D eigenvalue weighted by atomic mass is 15.4. The summed E-state index contributed by atoms with van der Waals surface area (Å²) in [5, 5.41) is 2.68. The van der Waals surface area contributed by atoms with E-state index in [0.717, 1.165) is 0 Å². The fraction of sp³-hybridized carbons (Fsp3) is 0.250. The van der Waals surface area contributed by atoms with E-state index in [1.165, 1.54) is 50.0 Å². The van der Waals surface area contributed by atoms with Crippen LogP contribution in [0.25, 0.3) is 21.8 Å². The lowest BCUT2D eigenvalue weighted by Gasteiger charge is -2.29. The molecule has 0 aliphatic carbocycles. The van der Waals surface area contributed by atoms with E-state index in [0.29, 0.717) is 0 Å². The SMILES string of the molecule is Cc1ccc(C)c(N2c3ccc4c(c3N(C)[C@@H]2C)c2ccccc2n4C)c1. The fourth-order valence-corrected chi connectivity index (χ4v) is 4.64. The minimum Gasteiger partial charge on any atom is -0.352 e. The lowest BCUT2D eigenvalue weighted by Crippen LogP contribution is -2.36. The average molecular weight is 355 g/mol. The van der Waals surface area contributed by atoms with Crippen molar-refractivity contribution in [3.05, 3.63) is 65.7 Å². The Morgan fingerprint density at radius 1 is 0.815 bits per heavy atom. The maximum absolute atomic E-state index is 2.48. The van der Waals surface area contributed by atoms with Crippen molar-refractivity contribution >= 4 is 38.9 Å². The van der Waals surface area contributed by atoms with Gasteiger partial charge < -0.3 is 14.4 Å². The normalized spacial score (nSPS) is 16.6. The number of aromatic nitrogens is 1. The molecule has 2 heterocycles. The molecule has 136 valence electrons. The smallest absolute Gasteiger partial charge is 0.103 e. The van der Waals surface area contributed by atoms with Gasteiger partial charge in [-0.05, 0) is 56.2 Å². The van der Waals surface area contributed by atoms with Crippen LogP contribution in [0.1, 0.15) is 18.1 Å². The van der Waals surface area contributed by atoms with E-state index in [-0.39, 0.29) is 6.17 Å². The summed E-state index contributed by atoms with van der Waals surface area (Å²) in [6.07, 6.45) is 0.269. The molecule has 0 fully saturated rings. The zero-order chi connectivity index (χ0) is 18.9. The summed E-state index contributed by atoms with van der Waals surface area (Å²) in [6, 6.07) is 20.0. The van der Waals surface area contributed by atoms with Crippen molar-refractivity contribution in [1.82, 2.24) is 4.57 Å². The summed E-state index contributed by atoms with van der Waals surface area (Å²) < 4.78 is 2.31. The van der Waals surface area contributed by atoms with E-state index in [1.54, 1.807) is 0 Å². The summed E-state index contributed by atoms with van der Waals surface area (Å²) in [5.41, 5.74) is 9.11. The van der Waals surface area contributed by atoms with E-state index in [1.807, 2.05) is 0 Å². The third kappa shape index (κ3) is 2.08. The van der Waals surface area contributed by atoms with Gasteiger partial charge in [0.25, 0.3) is 0 Å². The lowest BCUT2D eigenvalue weighted by molar-refractivity contribution is 0.733. The Morgan fingerprint density at radius 2 is 1.59 bits per heavy atom. The Kier molecular flexibility index (Phi) is 3.33. The molecule has 0 saturated heterocycles. The fourth-order valence-electron chi connectivity index (χ4n) is 4.64. The minimum atomic E-state index is 0.269. The quantitative estimate of drug-likeness (QED) is 0.422. The van der Waals surface area contributed by atoms with Crippen LogP contribution in [-0.4, -0.2) is 17.8 Å². The highest BCUT2D eigenvalue weighted by molar-refractivity contribution is 6.18. The van der Waals surface area contributed by atoms with Crippen molar-refractivity contribution in [1.29, 1.82) is 0 Å². The monoisotopic (exact) mass is 355 g/mol. The van der Waals surface area contributed by atoms with Crippen LogP contribution in [0.2, 0.25) is 0 Å². The van der Waals surface area contributed by atoms with Gasteiger partial charge in [-0.15, -0.1) is 0 Å². The first-order valence-corrected chi connectivity index (χ1v) is 9.58. The molecule has 0 radical (unpaired) electrons. The second kappa shape index (κ2) is 5.53. The van der Waals surface area contributed by atoms with Crippen molar-refractivity contribution in [2.75, 3.05) is 16.8 Å². The predicted octanol–water partition coefficient (Wildman–Crippen LogP) is 5.88. The summed E-state index contributed by atoms with van der Waals surface area (Å²) in [7, 11) is 4.38. The number of aryl methyl sites for hydroxylation is 3. The van der Waals surface area contributed by atoms with Gasteiger partial charge in [0.1, 0.15) is 6.17 Å². The van der Waals surface area contributed by atoms with Gasteiger partial charge in [0.05, 0.1) is 16.9 Å². The van der Waals surface area contributed by atoms with Gasteiger partial charge in [-0.2, -0.15) is 0 Å². The summed E-state index contributed by atoms with van der Waals surface area (Å²) in [4.78, 5) is 4.91. The highest BCUT2D eigenvalue weighted by Crippen LogP contribution is 2.50. The van der Waals surface area contributed by atoms with Crippen LogP contribution in [0, 0.1) is 13.8 Å². The molecule has 1 aliphatic heterocycles. The van der Waals surface area contributed by atoms with Crippen molar-refractivity contribution in [3.63, 3.8) is 0 Å². The second-order valence-corrected chi connectivity index (χ2v) is 7.81. The van der Waals surface area contributed by atoms with E-state index < -0.39 is 0 Å². The standard InChI is InChI=1S/C24H25N3/c1-15-10-11-16(2)22(14-15)27-17(3)25(4)24-21(27)13-12-20-23(24)18-8-6-7-9-19(18)26(20)5/h6-14,17H,1-5H3/t17-/m0/s1. The van der Waals surface area contributed by atoms with Crippen molar-refractivity contribution < 1.29 is 0 Å². The van der Waals surface area contributed by atoms with Crippen LogP contribution in [0.5, 0.6) is 0 Å². The van der Waals surface area contributed by atoms with Gasteiger partial charge in [-0.25, -0.2) is 0 Å². The molecule has 0 N–H and O–H groups in total. The van der Waals surface area contributed by atoms with Crippen molar-refractivity contribution in [3.8, 4) is 0 Å². The number of fused-ring (bicyclic) bond motifs is 5. The van der Waals surface area contributed by atoms with E-state index in [2.05, 4.69) is 104 Å². The number of benzene rings is 3. The van der Waals surface area contributed by atoms with E-state index in [4.69, 9.17) is 0 Å². The Morgan fingerprint density at radius 3 is 2.41 bits per heavy atom. The lowest BCUT2D eigenvalue weighted by atomic mass is 10.1. The van der Waals surface area contributed by atoms with Crippen LogP contribution >= 0.6 is 0 Å². The summed E-state index contributed by atoms with van der Waals surface area (Å²) in [5.74, 6) is 0. The molecule has 0 spiro atoms. The zero-order valence-corrected chi connectivity index (χ0v) is 16.6. The van der Waals surface area contributed by atoms with E-state index >= 15 is 0 Å². The van der Waals surface area contributed by atoms with Crippen LogP contribution in [0.15, 0.2) is 54.6 Å². The zero-order valence-electron chi connectivity index (χ0n) is 16.6. The minimum absolute atomic E-state index is 0.269. The number of rotatable bonds is 1. The van der Waals surface area contributed by atoms with Gasteiger partial charge in [-0.3, -0.25) is 0 Å². The second-order valence-electron chi connectivity index (χ2n) is 7.81. The van der Waals surface area contributed by atoms with Gasteiger partial charge in [0, 0.05) is 36.1 Å². The van der Waals surface area contributed by atoms with E-state index in [9.17, 15) is 0 Å². The Labute approximate surface area is 160 Å². The number of hydrogen-bond acceptors (Lipinski definition) is 2. The molecule has 0 saturated carbocycles. The Hall–Kier alpha value is -2.94. The number of nitrogens with zero attached hydrogens (tertiary/aromatic N) is 3. The molecule has 0 bridgehead atoms. The van der Waals surface area contributed by atoms with Gasteiger partial charge in [0.2, 0.25) is 0 Å². The number of anilines is 3. The summed E-state index contributed by atoms with van der Waals surface area (Å²) in [6.45, 7) is 6.66. The molecule has 0 amide bonds.